The minimum Gasteiger partial charge on any atom is -0.508 e. The van der Waals surface area contributed by atoms with Crippen molar-refractivity contribution in [1.82, 2.24) is 15.5 Å². The molecule has 0 atom stereocenters. The number of carbonyl (C=O) groups excluding carboxylic acids is 1. The van der Waals surface area contributed by atoms with Gasteiger partial charge in [0.15, 0.2) is 6.61 Å². The van der Waals surface area contributed by atoms with Crippen LogP contribution in [0.1, 0.15) is 18.1 Å². The maximum atomic E-state index is 12.4. The van der Waals surface area contributed by atoms with Crippen LogP contribution < -0.4 is 15.4 Å². The summed E-state index contributed by atoms with van der Waals surface area (Å²) < 4.78 is 5.95. The molecule has 6 nitrogen and oxygen atoms in total. The molecule has 0 aliphatic heterocycles. The Labute approximate surface area is 206 Å². The van der Waals surface area contributed by atoms with Crippen molar-refractivity contribution in [3.8, 4) is 22.6 Å². The highest BCUT2D eigenvalue weighted by Gasteiger charge is 2.13. The summed E-state index contributed by atoms with van der Waals surface area (Å²) in [6.45, 7) is 5.86. The van der Waals surface area contributed by atoms with E-state index in [1.807, 2.05) is 43.4 Å². The molecule has 0 aliphatic rings. The summed E-state index contributed by atoms with van der Waals surface area (Å²) in [4.78, 5) is 14.7. The first-order valence-electron chi connectivity index (χ1n) is 11.4. The lowest BCUT2D eigenvalue weighted by atomic mass is 10.0. The van der Waals surface area contributed by atoms with Gasteiger partial charge in [0.05, 0.1) is 0 Å². The molecule has 34 heavy (non-hydrogen) atoms. The number of aromatic hydroxyl groups is 1. The van der Waals surface area contributed by atoms with Crippen molar-refractivity contribution in [2.24, 2.45) is 0 Å². The van der Waals surface area contributed by atoms with E-state index >= 15 is 0 Å². The van der Waals surface area contributed by atoms with Gasteiger partial charge in [-0.3, -0.25) is 9.69 Å². The third-order valence-electron chi connectivity index (χ3n) is 5.54. The van der Waals surface area contributed by atoms with E-state index in [2.05, 4.69) is 28.5 Å². The molecule has 0 unspecified atom stereocenters. The quantitative estimate of drug-likeness (QED) is 0.356. The largest absolute Gasteiger partial charge is 0.508 e. The molecule has 3 rings (SSSR count). The highest BCUT2D eigenvalue weighted by molar-refractivity contribution is 6.30. The normalized spacial score (nSPS) is 10.9. The number of phenols is 1. The average Bonchev–Trinajstić information content (AvgIpc) is 2.85. The Morgan fingerprint density at radius 1 is 1.03 bits per heavy atom. The van der Waals surface area contributed by atoms with Crippen LogP contribution in [0.5, 0.6) is 11.5 Å². The number of nitrogens with one attached hydrogen (secondary N) is 2. The van der Waals surface area contributed by atoms with Crippen LogP contribution in [-0.4, -0.2) is 49.2 Å². The molecule has 0 fully saturated rings. The number of benzene rings is 3. The first kappa shape index (κ1) is 25.6. The van der Waals surface area contributed by atoms with E-state index in [9.17, 15) is 9.90 Å². The Kier molecular flexibility index (Phi) is 9.76. The van der Waals surface area contributed by atoms with E-state index in [0.29, 0.717) is 23.9 Å². The van der Waals surface area contributed by atoms with E-state index in [4.69, 9.17) is 16.3 Å². The van der Waals surface area contributed by atoms with Crippen molar-refractivity contribution >= 4 is 17.5 Å². The SMILES string of the molecule is CCN(CCNC)Cc1cc(-c2ccc(O)cc2)ccc1OCC(=O)NCc1ccc(Cl)cc1. The van der Waals surface area contributed by atoms with E-state index in [1.165, 1.54) is 0 Å². The van der Waals surface area contributed by atoms with Crippen LogP contribution in [0.25, 0.3) is 11.1 Å². The van der Waals surface area contributed by atoms with Crippen molar-refractivity contribution in [2.45, 2.75) is 20.0 Å². The second kappa shape index (κ2) is 13.0. The summed E-state index contributed by atoms with van der Waals surface area (Å²) in [6.07, 6.45) is 0. The molecule has 1 amide bonds. The fraction of sp³-hybridized carbons (Fsp3) is 0.296. The fourth-order valence-electron chi connectivity index (χ4n) is 3.53. The molecule has 3 N–H and O–H groups in total. The highest BCUT2D eigenvalue weighted by Crippen LogP contribution is 2.29. The van der Waals surface area contributed by atoms with Gasteiger partial charge >= 0.3 is 0 Å². The Hall–Kier alpha value is -3.06. The molecule has 7 heteroatoms. The monoisotopic (exact) mass is 481 g/mol. The predicted molar refractivity (Wildman–Crippen MR) is 137 cm³/mol. The summed E-state index contributed by atoms with van der Waals surface area (Å²) in [6, 6.07) is 20.5. The van der Waals surface area contributed by atoms with Crippen LogP contribution in [-0.2, 0) is 17.9 Å². The number of nitrogens with zero attached hydrogens (tertiary/aromatic N) is 1. The molecule has 0 saturated heterocycles. The van der Waals surface area contributed by atoms with Gasteiger partial charge in [-0.25, -0.2) is 0 Å². The lowest BCUT2D eigenvalue weighted by Gasteiger charge is -2.22. The Balaban J connectivity index is 1.71. The summed E-state index contributed by atoms with van der Waals surface area (Å²) in [5, 5.41) is 16.3. The molecule has 0 saturated carbocycles. The molecule has 0 radical (unpaired) electrons. The smallest absolute Gasteiger partial charge is 0.258 e. The third-order valence-corrected chi connectivity index (χ3v) is 5.79. The van der Waals surface area contributed by atoms with Crippen molar-refractivity contribution in [1.29, 1.82) is 0 Å². The molecule has 3 aromatic rings. The molecule has 0 aromatic heterocycles. The van der Waals surface area contributed by atoms with Crippen LogP contribution in [0.4, 0.5) is 0 Å². The fourth-order valence-corrected chi connectivity index (χ4v) is 3.66. The molecule has 0 aliphatic carbocycles. The second-order valence-corrected chi connectivity index (χ2v) is 8.47. The van der Waals surface area contributed by atoms with Crippen molar-refractivity contribution < 1.29 is 14.6 Å². The van der Waals surface area contributed by atoms with E-state index in [1.54, 1.807) is 24.3 Å². The number of hydrogen-bond donors (Lipinski definition) is 3. The Morgan fingerprint density at radius 2 is 1.74 bits per heavy atom. The number of rotatable bonds is 12. The zero-order chi connectivity index (χ0) is 24.3. The number of ether oxygens (including phenoxy) is 1. The van der Waals surface area contributed by atoms with Crippen LogP contribution in [0.15, 0.2) is 66.7 Å². The number of phenolic OH excluding ortho intramolecular Hbond substituents is 1. The molecule has 180 valence electrons. The summed E-state index contributed by atoms with van der Waals surface area (Å²) >= 11 is 5.91. The van der Waals surface area contributed by atoms with Crippen molar-refractivity contribution in [2.75, 3.05) is 33.3 Å². The van der Waals surface area contributed by atoms with Gasteiger partial charge in [-0.05, 0) is 66.7 Å². The van der Waals surface area contributed by atoms with E-state index in [0.717, 1.165) is 41.9 Å². The standard InChI is InChI=1S/C27H32ClN3O3/c1-3-31(15-14-29-2)18-23-16-22(21-6-11-25(32)12-7-21)8-13-26(23)34-19-27(33)30-17-20-4-9-24(28)10-5-20/h4-13,16,29,32H,3,14-15,17-19H2,1-2H3,(H,30,33). The molecule has 0 bridgehead atoms. The topological polar surface area (TPSA) is 73.8 Å². The number of hydrogen-bond acceptors (Lipinski definition) is 5. The minimum atomic E-state index is -0.189. The van der Waals surface area contributed by atoms with Gasteiger partial charge in [-0.15, -0.1) is 0 Å². The summed E-state index contributed by atoms with van der Waals surface area (Å²) in [5.41, 5.74) is 4.01. The molecule has 0 heterocycles. The number of halogens is 1. The minimum absolute atomic E-state index is 0.0677. The van der Waals surface area contributed by atoms with Crippen LogP contribution in [0.3, 0.4) is 0 Å². The van der Waals surface area contributed by atoms with E-state index < -0.39 is 0 Å². The Morgan fingerprint density at radius 3 is 2.41 bits per heavy atom. The van der Waals surface area contributed by atoms with Gasteiger partial charge < -0.3 is 20.5 Å². The summed E-state index contributed by atoms with van der Waals surface area (Å²) in [7, 11) is 1.94. The maximum absolute atomic E-state index is 12.4. The molecular weight excluding hydrogens is 450 g/mol. The van der Waals surface area contributed by atoms with Crippen LogP contribution >= 0.6 is 11.6 Å². The lowest BCUT2D eigenvalue weighted by molar-refractivity contribution is -0.123. The highest BCUT2D eigenvalue weighted by atomic mass is 35.5. The van der Waals surface area contributed by atoms with Gasteiger partial charge in [-0.1, -0.05) is 48.9 Å². The maximum Gasteiger partial charge on any atom is 0.258 e. The molecule has 3 aromatic carbocycles. The molecule has 0 spiro atoms. The number of amides is 1. The van der Waals surface area contributed by atoms with Crippen LogP contribution in [0, 0.1) is 0 Å². The zero-order valence-electron chi connectivity index (χ0n) is 19.7. The van der Waals surface area contributed by atoms with E-state index in [-0.39, 0.29) is 18.3 Å². The first-order chi connectivity index (χ1) is 16.5. The zero-order valence-corrected chi connectivity index (χ0v) is 20.4. The van der Waals surface area contributed by atoms with Gasteiger partial charge in [0, 0.05) is 36.8 Å². The Bertz CT molecular complexity index is 1060. The third kappa shape index (κ3) is 7.76. The second-order valence-electron chi connectivity index (χ2n) is 8.03. The summed E-state index contributed by atoms with van der Waals surface area (Å²) in [5.74, 6) is 0.732. The van der Waals surface area contributed by atoms with Gasteiger partial charge in [0.1, 0.15) is 11.5 Å². The van der Waals surface area contributed by atoms with Gasteiger partial charge in [0.25, 0.3) is 5.91 Å². The predicted octanol–water partition coefficient (Wildman–Crippen LogP) is 4.45. The van der Waals surface area contributed by atoms with Crippen molar-refractivity contribution in [3.63, 3.8) is 0 Å². The lowest BCUT2D eigenvalue weighted by Crippen LogP contribution is -2.31. The van der Waals surface area contributed by atoms with Gasteiger partial charge in [0.2, 0.25) is 0 Å². The number of carbonyl (C=O) groups is 1. The molecular formula is C27H32ClN3O3. The van der Waals surface area contributed by atoms with Crippen molar-refractivity contribution in [3.05, 3.63) is 82.9 Å². The number of likely N-dealkylation sites (N-methyl/N-ethyl adjacent to an activating group) is 2. The van der Waals surface area contributed by atoms with Crippen LogP contribution in [0.2, 0.25) is 5.02 Å². The van der Waals surface area contributed by atoms with Gasteiger partial charge in [-0.2, -0.15) is 0 Å². The first-order valence-corrected chi connectivity index (χ1v) is 11.8. The average molecular weight is 482 g/mol.